The van der Waals surface area contributed by atoms with E-state index in [1.165, 1.54) is 13.0 Å². The van der Waals surface area contributed by atoms with Crippen molar-refractivity contribution in [3.8, 4) is 5.75 Å². The first-order chi connectivity index (χ1) is 7.71. The minimum Gasteiger partial charge on any atom is -0.425 e. The predicted molar refractivity (Wildman–Crippen MR) is 66.1 cm³/mol. The first-order valence-corrected chi connectivity index (χ1v) is 7.22. The molecule has 4 nitrogen and oxygen atoms in total. The maximum absolute atomic E-state index is 11.6. The fourth-order valence-electron chi connectivity index (χ4n) is 1.05. The average molecular weight is 277 g/mol. The molecule has 6 heteroatoms. The second-order valence-corrected chi connectivity index (χ2v) is 6.61. The van der Waals surface area contributed by atoms with E-state index in [1.807, 2.05) is 0 Å². The maximum Gasteiger partial charge on any atom is 0.329 e. The summed E-state index contributed by atoms with van der Waals surface area (Å²) in [6, 6.07) is 4.83. The molecule has 0 spiro atoms. The minimum atomic E-state index is -3.45. The van der Waals surface area contributed by atoms with E-state index in [0.717, 1.165) is 6.26 Å². The van der Waals surface area contributed by atoms with Gasteiger partial charge in [0, 0.05) is 11.3 Å². The molecule has 94 valence electrons. The van der Waals surface area contributed by atoms with Gasteiger partial charge >= 0.3 is 5.97 Å². The van der Waals surface area contributed by atoms with Crippen molar-refractivity contribution in [2.75, 3.05) is 6.26 Å². The molecule has 0 bridgehead atoms. The molecule has 17 heavy (non-hydrogen) atoms. The van der Waals surface area contributed by atoms with Gasteiger partial charge in [-0.3, -0.25) is 4.79 Å². The third kappa shape index (κ3) is 3.71. The first kappa shape index (κ1) is 14.0. The lowest BCUT2D eigenvalue weighted by Crippen LogP contribution is -2.30. The molecule has 1 rings (SSSR count). The van der Waals surface area contributed by atoms with Crippen LogP contribution in [0.2, 0.25) is 5.02 Å². The number of rotatable bonds is 3. The highest BCUT2D eigenvalue weighted by Crippen LogP contribution is 2.23. The Balaban J connectivity index is 2.92. The van der Waals surface area contributed by atoms with Crippen molar-refractivity contribution < 1.29 is 17.9 Å². The Morgan fingerprint density at radius 1 is 1.41 bits per heavy atom. The van der Waals surface area contributed by atoms with Crippen LogP contribution in [0.4, 0.5) is 0 Å². The van der Waals surface area contributed by atoms with Crippen LogP contribution in [0.25, 0.3) is 0 Å². The van der Waals surface area contributed by atoms with E-state index in [1.54, 1.807) is 19.1 Å². The van der Waals surface area contributed by atoms with Crippen LogP contribution in [-0.2, 0) is 14.6 Å². The molecule has 0 N–H and O–H groups in total. The highest BCUT2D eigenvalue weighted by molar-refractivity contribution is 7.92. The molecule has 1 unspecified atom stereocenters. The Labute approximate surface area is 105 Å². The van der Waals surface area contributed by atoms with Gasteiger partial charge in [-0.2, -0.15) is 0 Å². The Hall–Kier alpha value is -1.07. The zero-order valence-electron chi connectivity index (χ0n) is 9.73. The lowest BCUT2D eigenvalue weighted by molar-refractivity contribution is -0.133. The fourth-order valence-corrected chi connectivity index (χ4v) is 1.61. The molecule has 0 saturated heterocycles. The molecule has 0 aromatic heterocycles. The van der Waals surface area contributed by atoms with E-state index in [2.05, 4.69) is 0 Å². The number of benzene rings is 1. The number of carbonyl (C=O) groups is 1. The molecule has 1 aromatic rings. The van der Waals surface area contributed by atoms with Crippen molar-refractivity contribution in [2.24, 2.45) is 0 Å². The summed E-state index contributed by atoms with van der Waals surface area (Å²) in [4.78, 5) is 11.6. The molecule has 0 aliphatic heterocycles. The smallest absolute Gasteiger partial charge is 0.329 e. The summed E-state index contributed by atoms with van der Waals surface area (Å²) in [6.45, 7) is 3.03. The minimum absolute atomic E-state index is 0.276. The van der Waals surface area contributed by atoms with Gasteiger partial charge in [-0.1, -0.05) is 17.7 Å². The molecule has 0 fully saturated rings. The third-order valence-corrected chi connectivity index (χ3v) is 4.05. The predicted octanol–water partition coefficient (Wildman–Crippen LogP) is 1.99. The summed E-state index contributed by atoms with van der Waals surface area (Å²) in [5.41, 5.74) is 0.712. The van der Waals surface area contributed by atoms with Crippen LogP contribution in [-0.4, -0.2) is 25.9 Å². The van der Waals surface area contributed by atoms with Crippen LogP contribution in [0.5, 0.6) is 5.75 Å². The molecule has 0 aliphatic carbocycles. The molecular formula is C11H13ClO4S. The quantitative estimate of drug-likeness (QED) is 0.626. The van der Waals surface area contributed by atoms with E-state index in [4.69, 9.17) is 16.3 Å². The number of esters is 1. The normalized spacial score (nSPS) is 13.2. The Morgan fingerprint density at radius 3 is 2.53 bits per heavy atom. The van der Waals surface area contributed by atoms with Crippen LogP contribution < -0.4 is 4.74 Å². The number of carbonyl (C=O) groups excluding carboxylic acids is 1. The molecule has 0 saturated carbocycles. The second-order valence-electron chi connectivity index (χ2n) is 3.80. The number of sulfone groups is 1. The number of aryl methyl sites for hydroxylation is 1. The van der Waals surface area contributed by atoms with E-state index >= 15 is 0 Å². The van der Waals surface area contributed by atoms with Gasteiger partial charge in [0.1, 0.15) is 5.75 Å². The summed E-state index contributed by atoms with van der Waals surface area (Å²) in [5, 5.41) is -0.772. The highest BCUT2D eigenvalue weighted by Gasteiger charge is 2.26. The van der Waals surface area contributed by atoms with Crippen LogP contribution in [0.1, 0.15) is 12.5 Å². The van der Waals surface area contributed by atoms with Crippen molar-refractivity contribution in [3.63, 3.8) is 0 Å². The van der Waals surface area contributed by atoms with Gasteiger partial charge in [-0.25, -0.2) is 8.42 Å². The zero-order valence-corrected chi connectivity index (χ0v) is 11.3. The van der Waals surface area contributed by atoms with E-state index < -0.39 is 21.1 Å². The van der Waals surface area contributed by atoms with Gasteiger partial charge in [0.15, 0.2) is 15.1 Å². The molecule has 0 amide bonds. The summed E-state index contributed by atoms with van der Waals surface area (Å²) >= 11 is 5.76. The standard InChI is InChI=1S/C11H13ClO4S/c1-7-4-5-9(12)6-10(7)16-11(13)8(2)17(3,14)15/h4-6,8H,1-3H3. The second kappa shape index (κ2) is 5.06. The molecule has 1 aromatic carbocycles. The Bertz CT molecular complexity index is 536. The van der Waals surface area contributed by atoms with Crippen molar-refractivity contribution in [1.82, 2.24) is 0 Å². The lowest BCUT2D eigenvalue weighted by Gasteiger charge is -2.11. The van der Waals surface area contributed by atoms with Gasteiger partial charge in [-0.05, 0) is 31.5 Å². The van der Waals surface area contributed by atoms with Gasteiger partial charge in [0.05, 0.1) is 0 Å². The van der Waals surface area contributed by atoms with E-state index in [9.17, 15) is 13.2 Å². The Kier molecular flexibility index (Phi) is 4.16. The van der Waals surface area contributed by atoms with Gasteiger partial charge < -0.3 is 4.74 Å². The lowest BCUT2D eigenvalue weighted by atomic mass is 10.2. The molecule has 0 aliphatic rings. The van der Waals surface area contributed by atoms with Crippen molar-refractivity contribution in [1.29, 1.82) is 0 Å². The van der Waals surface area contributed by atoms with Crippen LogP contribution >= 0.6 is 11.6 Å². The maximum atomic E-state index is 11.6. The van der Waals surface area contributed by atoms with Crippen LogP contribution in [0, 0.1) is 6.92 Å². The summed E-state index contributed by atoms with van der Waals surface area (Å²) < 4.78 is 27.4. The molecular weight excluding hydrogens is 264 g/mol. The molecule has 1 atom stereocenters. The van der Waals surface area contributed by atoms with Crippen LogP contribution in [0.15, 0.2) is 18.2 Å². The van der Waals surface area contributed by atoms with Gasteiger partial charge in [0.25, 0.3) is 0 Å². The largest absolute Gasteiger partial charge is 0.425 e. The molecule has 0 heterocycles. The third-order valence-electron chi connectivity index (χ3n) is 2.33. The van der Waals surface area contributed by atoms with Crippen molar-refractivity contribution in [3.05, 3.63) is 28.8 Å². The molecule has 0 radical (unpaired) electrons. The average Bonchev–Trinajstić information content (AvgIpc) is 2.21. The monoisotopic (exact) mass is 276 g/mol. The summed E-state index contributed by atoms with van der Waals surface area (Å²) in [7, 11) is -3.45. The summed E-state index contributed by atoms with van der Waals surface area (Å²) in [6.07, 6.45) is 0.990. The SMILES string of the molecule is Cc1ccc(Cl)cc1OC(=O)C(C)S(C)(=O)=O. The van der Waals surface area contributed by atoms with Gasteiger partial charge in [-0.15, -0.1) is 0 Å². The van der Waals surface area contributed by atoms with E-state index in [-0.39, 0.29) is 5.75 Å². The topological polar surface area (TPSA) is 60.4 Å². The fraction of sp³-hybridized carbons (Fsp3) is 0.364. The Morgan fingerprint density at radius 2 is 2.00 bits per heavy atom. The van der Waals surface area contributed by atoms with Crippen LogP contribution in [0.3, 0.4) is 0 Å². The first-order valence-electron chi connectivity index (χ1n) is 4.88. The zero-order chi connectivity index (χ0) is 13.2. The van der Waals surface area contributed by atoms with E-state index in [0.29, 0.717) is 10.6 Å². The number of halogens is 1. The number of ether oxygens (including phenoxy) is 1. The van der Waals surface area contributed by atoms with Crippen molar-refractivity contribution in [2.45, 2.75) is 19.1 Å². The highest BCUT2D eigenvalue weighted by atomic mass is 35.5. The van der Waals surface area contributed by atoms with Crippen molar-refractivity contribution >= 4 is 27.4 Å². The number of hydrogen-bond donors (Lipinski definition) is 0. The summed E-state index contributed by atoms with van der Waals surface area (Å²) in [5.74, 6) is -0.532. The number of hydrogen-bond acceptors (Lipinski definition) is 4. The van der Waals surface area contributed by atoms with Gasteiger partial charge in [0.2, 0.25) is 0 Å².